The van der Waals surface area contributed by atoms with Crippen molar-refractivity contribution in [3.8, 4) is 5.88 Å². The van der Waals surface area contributed by atoms with Gasteiger partial charge < -0.3 is 14.8 Å². The molecule has 5 nitrogen and oxygen atoms in total. The van der Waals surface area contributed by atoms with E-state index in [2.05, 4.69) is 10.3 Å². The van der Waals surface area contributed by atoms with Crippen LogP contribution in [-0.2, 0) is 16.1 Å². The van der Waals surface area contributed by atoms with E-state index >= 15 is 0 Å². The predicted octanol–water partition coefficient (Wildman–Crippen LogP) is 0.743. The molecule has 1 unspecified atom stereocenters. The predicted molar refractivity (Wildman–Crippen MR) is 61.6 cm³/mol. The molecule has 1 aromatic heterocycles. The van der Waals surface area contributed by atoms with Gasteiger partial charge in [0.1, 0.15) is 0 Å². The maximum atomic E-state index is 11.7. The van der Waals surface area contributed by atoms with Crippen LogP contribution in [0.15, 0.2) is 18.2 Å². The first-order chi connectivity index (χ1) is 8.29. The average molecular weight is 236 g/mol. The van der Waals surface area contributed by atoms with Crippen LogP contribution in [0.2, 0.25) is 0 Å². The summed E-state index contributed by atoms with van der Waals surface area (Å²) in [7, 11) is 1.57. The number of hydrogen-bond acceptors (Lipinski definition) is 4. The van der Waals surface area contributed by atoms with Gasteiger partial charge in [-0.3, -0.25) is 4.79 Å². The van der Waals surface area contributed by atoms with Crippen LogP contribution in [0.1, 0.15) is 12.1 Å². The number of carbonyl (C=O) groups is 1. The van der Waals surface area contributed by atoms with Gasteiger partial charge in [0.2, 0.25) is 11.8 Å². The molecule has 5 heteroatoms. The molecular weight excluding hydrogens is 220 g/mol. The summed E-state index contributed by atoms with van der Waals surface area (Å²) in [5.41, 5.74) is 0.789. The fraction of sp³-hybridized carbons (Fsp3) is 0.500. The van der Waals surface area contributed by atoms with Crippen LogP contribution >= 0.6 is 0 Å². The van der Waals surface area contributed by atoms with Gasteiger partial charge >= 0.3 is 0 Å². The van der Waals surface area contributed by atoms with Gasteiger partial charge in [-0.2, -0.15) is 0 Å². The molecule has 17 heavy (non-hydrogen) atoms. The normalized spacial score (nSPS) is 19.0. The Morgan fingerprint density at radius 3 is 3.24 bits per heavy atom. The van der Waals surface area contributed by atoms with E-state index in [1.165, 1.54) is 0 Å². The molecule has 92 valence electrons. The highest BCUT2D eigenvalue weighted by molar-refractivity contribution is 5.78. The van der Waals surface area contributed by atoms with Crippen LogP contribution in [-0.4, -0.2) is 31.2 Å². The van der Waals surface area contributed by atoms with E-state index in [-0.39, 0.29) is 11.8 Å². The van der Waals surface area contributed by atoms with E-state index < -0.39 is 0 Å². The molecule has 1 aliphatic rings. The fourth-order valence-corrected chi connectivity index (χ4v) is 1.73. The van der Waals surface area contributed by atoms with Crippen molar-refractivity contribution in [1.82, 2.24) is 10.3 Å². The Hall–Kier alpha value is -1.62. The standard InChI is InChI=1S/C12H16N2O3/c1-16-11-4-2-3-10(14-11)7-13-12(15)9-5-6-17-8-9/h2-4,9H,5-8H2,1H3,(H,13,15). The summed E-state index contributed by atoms with van der Waals surface area (Å²) in [6, 6.07) is 5.48. The number of hydrogen-bond donors (Lipinski definition) is 1. The Kier molecular flexibility index (Phi) is 3.93. The van der Waals surface area contributed by atoms with E-state index in [1.807, 2.05) is 12.1 Å². The van der Waals surface area contributed by atoms with Crippen molar-refractivity contribution in [2.75, 3.05) is 20.3 Å². The monoisotopic (exact) mass is 236 g/mol. The van der Waals surface area contributed by atoms with Gasteiger partial charge in [-0.05, 0) is 12.5 Å². The Morgan fingerprint density at radius 1 is 1.65 bits per heavy atom. The first kappa shape index (κ1) is 11.9. The molecule has 1 atom stereocenters. The zero-order valence-corrected chi connectivity index (χ0v) is 9.81. The van der Waals surface area contributed by atoms with Gasteiger partial charge in [0.05, 0.1) is 31.9 Å². The van der Waals surface area contributed by atoms with Crippen molar-refractivity contribution in [2.24, 2.45) is 5.92 Å². The Bertz CT molecular complexity index is 389. The van der Waals surface area contributed by atoms with Gasteiger partial charge in [-0.1, -0.05) is 6.07 Å². The Labute approximate surface area is 100 Å². The zero-order chi connectivity index (χ0) is 12.1. The van der Waals surface area contributed by atoms with Gasteiger partial charge in [-0.15, -0.1) is 0 Å². The molecule has 2 rings (SSSR count). The molecule has 1 saturated heterocycles. The average Bonchev–Trinajstić information content (AvgIpc) is 2.90. The third-order valence-electron chi connectivity index (χ3n) is 2.73. The van der Waals surface area contributed by atoms with Crippen molar-refractivity contribution in [1.29, 1.82) is 0 Å². The third kappa shape index (κ3) is 3.17. The molecule has 0 aliphatic carbocycles. The largest absolute Gasteiger partial charge is 0.481 e. The molecule has 0 aromatic carbocycles. The van der Waals surface area contributed by atoms with Crippen LogP contribution < -0.4 is 10.1 Å². The summed E-state index contributed by atoms with van der Waals surface area (Å²) in [6.07, 6.45) is 0.803. The highest BCUT2D eigenvalue weighted by atomic mass is 16.5. The van der Waals surface area contributed by atoms with Crippen molar-refractivity contribution in [2.45, 2.75) is 13.0 Å². The number of methoxy groups -OCH3 is 1. The molecule has 0 spiro atoms. The van der Waals surface area contributed by atoms with Gasteiger partial charge in [0.25, 0.3) is 0 Å². The zero-order valence-electron chi connectivity index (χ0n) is 9.81. The summed E-state index contributed by atoms with van der Waals surface area (Å²) >= 11 is 0. The van der Waals surface area contributed by atoms with E-state index in [0.717, 1.165) is 12.1 Å². The maximum absolute atomic E-state index is 11.7. The number of pyridine rings is 1. The fourth-order valence-electron chi connectivity index (χ4n) is 1.73. The third-order valence-corrected chi connectivity index (χ3v) is 2.73. The Morgan fingerprint density at radius 2 is 2.53 bits per heavy atom. The molecule has 1 fully saturated rings. The lowest BCUT2D eigenvalue weighted by molar-refractivity contribution is -0.125. The summed E-state index contributed by atoms with van der Waals surface area (Å²) in [5, 5.41) is 2.86. The van der Waals surface area contributed by atoms with E-state index in [4.69, 9.17) is 9.47 Å². The van der Waals surface area contributed by atoms with Gasteiger partial charge in [0, 0.05) is 12.7 Å². The van der Waals surface area contributed by atoms with Gasteiger partial charge in [-0.25, -0.2) is 4.98 Å². The molecule has 1 N–H and O–H groups in total. The first-order valence-electron chi connectivity index (χ1n) is 5.65. The lowest BCUT2D eigenvalue weighted by Crippen LogP contribution is -2.30. The van der Waals surface area contributed by atoms with Crippen molar-refractivity contribution < 1.29 is 14.3 Å². The van der Waals surface area contributed by atoms with Crippen LogP contribution in [0.25, 0.3) is 0 Å². The number of carbonyl (C=O) groups excluding carboxylic acids is 1. The van der Waals surface area contributed by atoms with Gasteiger partial charge in [0.15, 0.2) is 0 Å². The second-order valence-electron chi connectivity index (χ2n) is 3.95. The first-order valence-corrected chi connectivity index (χ1v) is 5.65. The second-order valence-corrected chi connectivity index (χ2v) is 3.95. The smallest absolute Gasteiger partial charge is 0.225 e. The SMILES string of the molecule is COc1cccc(CNC(=O)C2CCOC2)n1. The topological polar surface area (TPSA) is 60.5 Å². The van der Waals surface area contributed by atoms with Crippen molar-refractivity contribution in [3.63, 3.8) is 0 Å². The minimum Gasteiger partial charge on any atom is -0.481 e. The minimum atomic E-state index is -0.0133. The van der Waals surface area contributed by atoms with E-state index in [9.17, 15) is 4.79 Å². The quantitative estimate of drug-likeness (QED) is 0.837. The number of nitrogens with one attached hydrogen (secondary N) is 1. The van der Waals surface area contributed by atoms with Crippen LogP contribution in [0.3, 0.4) is 0 Å². The summed E-state index contributed by atoms with van der Waals surface area (Å²) < 4.78 is 10.2. The van der Waals surface area contributed by atoms with Crippen molar-refractivity contribution >= 4 is 5.91 Å². The molecule has 0 radical (unpaired) electrons. The number of amides is 1. The molecule has 0 saturated carbocycles. The highest BCUT2D eigenvalue weighted by Crippen LogP contribution is 2.12. The molecule has 1 amide bonds. The summed E-state index contributed by atoms with van der Waals surface area (Å²) in [4.78, 5) is 15.9. The number of rotatable bonds is 4. The number of aromatic nitrogens is 1. The van der Waals surface area contributed by atoms with E-state index in [0.29, 0.717) is 25.6 Å². The lowest BCUT2D eigenvalue weighted by atomic mass is 10.1. The molecule has 1 aromatic rings. The summed E-state index contributed by atoms with van der Waals surface area (Å²) in [5.74, 6) is 0.577. The van der Waals surface area contributed by atoms with Crippen LogP contribution in [0.5, 0.6) is 5.88 Å². The van der Waals surface area contributed by atoms with E-state index in [1.54, 1.807) is 13.2 Å². The second kappa shape index (κ2) is 5.63. The molecule has 0 bridgehead atoms. The Balaban J connectivity index is 1.86. The molecule has 2 heterocycles. The van der Waals surface area contributed by atoms with Crippen LogP contribution in [0.4, 0.5) is 0 Å². The van der Waals surface area contributed by atoms with Crippen molar-refractivity contribution in [3.05, 3.63) is 23.9 Å². The maximum Gasteiger partial charge on any atom is 0.225 e. The number of nitrogens with zero attached hydrogens (tertiary/aromatic N) is 1. The molecule has 1 aliphatic heterocycles. The minimum absolute atomic E-state index is 0.0133. The summed E-state index contributed by atoms with van der Waals surface area (Å²) in [6.45, 7) is 1.62. The number of ether oxygens (including phenoxy) is 2. The van der Waals surface area contributed by atoms with Crippen LogP contribution in [0, 0.1) is 5.92 Å². The lowest BCUT2D eigenvalue weighted by Gasteiger charge is -2.09. The molecular formula is C12H16N2O3. The highest BCUT2D eigenvalue weighted by Gasteiger charge is 2.22.